The second-order valence-corrected chi connectivity index (χ2v) is 3.49. The zero-order chi connectivity index (χ0) is 9.40. The Labute approximate surface area is 76.7 Å². The third kappa shape index (κ3) is 7.41. The summed E-state index contributed by atoms with van der Waals surface area (Å²) in [4.78, 5) is 0. The van der Waals surface area contributed by atoms with Crippen molar-refractivity contribution in [3.63, 3.8) is 0 Å². The van der Waals surface area contributed by atoms with Crippen molar-refractivity contribution >= 4 is 0 Å². The van der Waals surface area contributed by atoms with Crippen molar-refractivity contribution in [3.8, 4) is 0 Å². The van der Waals surface area contributed by atoms with Crippen LogP contribution in [0.4, 0.5) is 0 Å². The van der Waals surface area contributed by atoms with E-state index in [0.29, 0.717) is 0 Å². The fraction of sp³-hybridized carbons (Fsp3) is 0.667. The highest BCUT2D eigenvalue weighted by Gasteiger charge is 1.87. The van der Waals surface area contributed by atoms with Crippen LogP contribution in [-0.4, -0.2) is 0 Å². The minimum Gasteiger partial charge on any atom is -0.0718 e. The molecule has 0 saturated heterocycles. The van der Waals surface area contributed by atoms with Crippen LogP contribution in [0.15, 0.2) is 22.6 Å². The van der Waals surface area contributed by atoms with Gasteiger partial charge in [0.05, 0.1) is 0 Å². The molecule has 0 atom stereocenters. The van der Waals surface area contributed by atoms with Gasteiger partial charge in [0.15, 0.2) is 0 Å². The van der Waals surface area contributed by atoms with Gasteiger partial charge in [0.25, 0.3) is 0 Å². The summed E-state index contributed by atoms with van der Waals surface area (Å²) in [7, 11) is 0. The van der Waals surface area contributed by atoms with Gasteiger partial charge in [-0.1, -0.05) is 31.2 Å². The number of rotatable bonds is 4. The topological polar surface area (TPSA) is 0 Å². The number of allylic oxidation sites excluding steroid dienone is 2. The van der Waals surface area contributed by atoms with E-state index in [4.69, 9.17) is 0 Å². The Hall–Kier alpha value is -0.700. The molecule has 0 amide bonds. The standard InChI is InChI=1S/C12H20/c1-5-6-7-8-12(4)10-9-11(2)3/h5-8H2,1-4H3. The quantitative estimate of drug-likeness (QED) is 0.431. The van der Waals surface area contributed by atoms with E-state index in [1.54, 1.807) is 0 Å². The molecular formula is C12H20. The van der Waals surface area contributed by atoms with Crippen molar-refractivity contribution in [1.82, 2.24) is 0 Å². The molecule has 0 heteroatoms. The van der Waals surface area contributed by atoms with Crippen molar-refractivity contribution in [1.29, 1.82) is 0 Å². The fourth-order valence-electron chi connectivity index (χ4n) is 0.934. The SMILES string of the molecule is CCCCCC(C)=C=C=C(C)C. The molecule has 0 rings (SSSR count). The van der Waals surface area contributed by atoms with Crippen LogP contribution in [0.1, 0.15) is 53.4 Å². The zero-order valence-corrected chi connectivity index (χ0v) is 8.83. The molecule has 0 radical (unpaired) electrons. The summed E-state index contributed by atoms with van der Waals surface area (Å²) in [5.41, 5.74) is 8.80. The average molecular weight is 164 g/mol. The smallest absolute Gasteiger partial charge is 0.0230 e. The van der Waals surface area contributed by atoms with Gasteiger partial charge in [0, 0.05) is 0 Å². The van der Waals surface area contributed by atoms with Gasteiger partial charge >= 0.3 is 0 Å². The average Bonchev–Trinajstić information content (AvgIpc) is 2.01. The molecule has 0 aliphatic rings. The van der Waals surface area contributed by atoms with E-state index >= 15 is 0 Å². The maximum Gasteiger partial charge on any atom is -0.0230 e. The largest absolute Gasteiger partial charge is 0.0718 e. The molecule has 0 aliphatic carbocycles. The maximum atomic E-state index is 3.17. The molecule has 0 fully saturated rings. The number of hydrogen-bond donors (Lipinski definition) is 0. The van der Waals surface area contributed by atoms with E-state index < -0.39 is 0 Å². The Kier molecular flexibility index (Phi) is 6.57. The van der Waals surface area contributed by atoms with Crippen molar-refractivity contribution in [3.05, 3.63) is 22.6 Å². The van der Waals surface area contributed by atoms with Crippen LogP contribution < -0.4 is 0 Å². The van der Waals surface area contributed by atoms with Crippen LogP contribution >= 0.6 is 0 Å². The van der Waals surface area contributed by atoms with Crippen LogP contribution in [0.5, 0.6) is 0 Å². The molecule has 0 aromatic rings. The molecule has 0 aliphatic heterocycles. The normalized spacial score (nSPS) is 8.67. The molecule has 0 aromatic carbocycles. The molecule has 0 spiro atoms. The van der Waals surface area contributed by atoms with Crippen molar-refractivity contribution in [2.24, 2.45) is 0 Å². The second kappa shape index (κ2) is 6.98. The van der Waals surface area contributed by atoms with Crippen molar-refractivity contribution in [2.75, 3.05) is 0 Å². The third-order valence-electron chi connectivity index (χ3n) is 1.68. The Morgan fingerprint density at radius 1 is 1.00 bits per heavy atom. The van der Waals surface area contributed by atoms with Crippen LogP contribution in [0.3, 0.4) is 0 Å². The zero-order valence-electron chi connectivity index (χ0n) is 8.83. The summed E-state index contributed by atoms with van der Waals surface area (Å²) >= 11 is 0. The highest BCUT2D eigenvalue weighted by molar-refractivity contribution is 5.01. The Morgan fingerprint density at radius 3 is 2.17 bits per heavy atom. The predicted octanol–water partition coefficient (Wildman–Crippen LogP) is 4.23. The van der Waals surface area contributed by atoms with Crippen LogP contribution in [0, 0.1) is 0 Å². The molecule has 0 saturated carbocycles. The lowest BCUT2D eigenvalue weighted by Crippen LogP contribution is -1.75. The molecule has 12 heavy (non-hydrogen) atoms. The van der Waals surface area contributed by atoms with Crippen molar-refractivity contribution in [2.45, 2.75) is 53.4 Å². The van der Waals surface area contributed by atoms with Crippen LogP contribution in [-0.2, 0) is 0 Å². The predicted molar refractivity (Wildman–Crippen MR) is 55.2 cm³/mol. The molecule has 0 unspecified atom stereocenters. The summed E-state index contributed by atoms with van der Waals surface area (Å²) in [5, 5.41) is 0. The van der Waals surface area contributed by atoms with E-state index in [1.165, 1.54) is 36.8 Å². The highest BCUT2D eigenvalue weighted by Crippen LogP contribution is 2.06. The van der Waals surface area contributed by atoms with E-state index in [1.807, 2.05) is 13.8 Å². The van der Waals surface area contributed by atoms with E-state index in [2.05, 4.69) is 25.3 Å². The van der Waals surface area contributed by atoms with Gasteiger partial charge in [0.1, 0.15) is 0 Å². The molecule has 0 heterocycles. The first-order valence-electron chi connectivity index (χ1n) is 4.81. The van der Waals surface area contributed by atoms with E-state index in [9.17, 15) is 0 Å². The second-order valence-electron chi connectivity index (χ2n) is 3.49. The van der Waals surface area contributed by atoms with Gasteiger partial charge in [-0.25, -0.2) is 0 Å². The highest BCUT2D eigenvalue weighted by atomic mass is 13.9. The Morgan fingerprint density at radius 2 is 1.67 bits per heavy atom. The summed E-state index contributed by atoms with van der Waals surface area (Å²) < 4.78 is 0. The third-order valence-corrected chi connectivity index (χ3v) is 1.68. The lowest BCUT2D eigenvalue weighted by Gasteiger charge is -1.94. The molecule has 0 nitrogen and oxygen atoms in total. The lowest BCUT2D eigenvalue weighted by atomic mass is 10.1. The maximum absolute atomic E-state index is 3.17. The van der Waals surface area contributed by atoms with Gasteiger partial charge < -0.3 is 0 Å². The first-order valence-corrected chi connectivity index (χ1v) is 4.81. The van der Waals surface area contributed by atoms with Gasteiger partial charge in [-0.15, -0.1) is 0 Å². The fourth-order valence-corrected chi connectivity index (χ4v) is 0.934. The van der Waals surface area contributed by atoms with Gasteiger partial charge in [-0.3, -0.25) is 0 Å². The Bertz CT molecular complexity index is 204. The summed E-state index contributed by atoms with van der Waals surface area (Å²) in [6.07, 6.45) is 5.08. The monoisotopic (exact) mass is 164 g/mol. The van der Waals surface area contributed by atoms with E-state index in [0.717, 1.165) is 0 Å². The Balaban J connectivity index is 3.95. The summed E-state index contributed by atoms with van der Waals surface area (Å²) in [6.45, 7) is 8.45. The number of unbranched alkanes of at least 4 members (excludes halogenated alkanes) is 2. The molecule has 0 N–H and O–H groups in total. The summed E-state index contributed by atoms with van der Waals surface area (Å²) in [6, 6.07) is 0. The molecule has 0 aromatic heterocycles. The molecule has 68 valence electrons. The van der Waals surface area contributed by atoms with E-state index in [-0.39, 0.29) is 0 Å². The van der Waals surface area contributed by atoms with Crippen LogP contribution in [0.2, 0.25) is 0 Å². The minimum absolute atomic E-state index is 1.17. The van der Waals surface area contributed by atoms with Gasteiger partial charge in [-0.2, -0.15) is 0 Å². The minimum atomic E-state index is 1.17. The van der Waals surface area contributed by atoms with Crippen molar-refractivity contribution < 1.29 is 0 Å². The first-order chi connectivity index (χ1) is 5.66. The molecule has 0 bridgehead atoms. The first kappa shape index (κ1) is 11.3. The molecular weight excluding hydrogens is 144 g/mol. The number of hydrogen-bond acceptors (Lipinski definition) is 0. The van der Waals surface area contributed by atoms with Gasteiger partial charge in [0.2, 0.25) is 0 Å². The lowest BCUT2D eigenvalue weighted by molar-refractivity contribution is 0.714. The van der Waals surface area contributed by atoms with Gasteiger partial charge in [-0.05, 0) is 44.8 Å². The van der Waals surface area contributed by atoms with Crippen LogP contribution in [0.25, 0.3) is 0 Å². The summed E-state index contributed by atoms with van der Waals surface area (Å²) in [5.74, 6) is 0.